The normalized spacial score (nSPS) is 24.1. The molecule has 1 fully saturated rings. The van der Waals surface area contributed by atoms with Crippen LogP contribution in [0.25, 0.3) is 0 Å². The van der Waals surface area contributed by atoms with Crippen LogP contribution in [-0.4, -0.2) is 51.5 Å². The van der Waals surface area contributed by atoms with E-state index >= 15 is 0 Å². The van der Waals surface area contributed by atoms with Gasteiger partial charge >= 0.3 is 6.18 Å². The molecular weight excluding hydrogens is 401 g/mol. The third-order valence-electron chi connectivity index (χ3n) is 5.68. The van der Waals surface area contributed by atoms with Crippen molar-refractivity contribution in [1.82, 2.24) is 19.7 Å². The summed E-state index contributed by atoms with van der Waals surface area (Å²) in [4.78, 5) is 23.0. The zero-order valence-corrected chi connectivity index (χ0v) is 16.9. The van der Waals surface area contributed by atoms with Crippen LogP contribution < -0.4 is 10.2 Å². The van der Waals surface area contributed by atoms with Crippen LogP contribution in [-0.2, 0) is 28.7 Å². The Balaban J connectivity index is 1.44. The quantitative estimate of drug-likeness (QED) is 0.812. The monoisotopic (exact) mass is 424 g/mol. The third-order valence-corrected chi connectivity index (χ3v) is 5.68. The molecule has 4 heterocycles. The van der Waals surface area contributed by atoms with Gasteiger partial charge in [-0.25, -0.2) is 9.97 Å². The molecule has 1 N–H and O–H groups in total. The molecule has 0 saturated carbocycles. The van der Waals surface area contributed by atoms with Gasteiger partial charge in [-0.1, -0.05) is 0 Å². The lowest BCUT2D eigenvalue weighted by Gasteiger charge is -2.32. The Hall–Kier alpha value is -2.69. The molecule has 1 saturated heterocycles. The van der Waals surface area contributed by atoms with Gasteiger partial charge in [0.15, 0.2) is 5.82 Å². The standard InChI is InChI=1S/C19H23F3N6O2/c1-10-16-17(27(3)11(2)18(29)26-16)25-15(24-10)7-12-6-13(30-9-12)8-28-14(4-5-23-28)19(20,21)22/h4-5,11-13H,6-9H2,1-3H3,(H,26,29)/t11-,12-,13-/m0/s1. The molecule has 2 aliphatic rings. The van der Waals surface area contributed by atoms with E-state index in [4.69, 9.17) is 4.74 Å². The number of nitrogens with zero attached hydrogens (tertiary/aromatic N) is 5. The molecule has 8 nitrogen and oxygen atoms in total. The molecule has 0 spiro atoms. The SMILES string of the molecule is Cc1nc(C[C@H]2CO[C@H](Cn3nccc3C(F)(F)F)C2)nc2c1NC(=O)[C@H](C)N2C. The lowest BCUT2D eigenvalue weighted by molar-refractivity contribution is -0.144. The van der Waals surface area contributed by atoms with Crippen LogP contribution >= 0.6 is 0 Å². The van der Waals surface area contributed by atoms with Crippen molar-refractivity contribution >= 4 is 17.4 Å². The second kappa shape index (κ2) is 7.53. The van der Waals surface area contributed by atoms with Gasteiger partial charge in [0, 0.05) is 19.7 Å². The van der Waals surface area contributed by atoms with Crippen molar-refractivity contribution < 1.29 is 22.7 Å². The lowest BCUT2D eigenvalue weighted by atomic mass is 10.0. The maximum atomic E-state index is 13.0. The first-order chi connectivity index (χ1) is 14.1. The molecule has 11 heteroatoms. The number of hydrogen-bond acceptors (Lipinski definition) is 6. The number of ether oxygens (including phenoxy) is 1. The highest BCUT2D eigenvalue weighted by molar-refractivity contribution is 6.02. The van der Waals surface area contributed by atoms with Crippen LogP contribution in [0.2, 0.25) is 0 Å². The number of rotatable bonds is 4. The summed E-state index contributed by atoms with van der Waals surface area (Å²) in [7, 11) is 1.81. The number of carbonyl (C=O) groups excluding carboxylic acids is 1. The minimum absolute atomic E-state index is 0.0503. The van der Waals surface area contributed by atoms with Gasteiger partial charge in [-0.15, -0.1) is 0 Å². The van der Waals surface area contributed by atoms with Gasteiger partial charge in [0.25, 0.3) is 0 Å². The summed E-state index contributed by atoms with van der Waals surface area (Å²) in [5, 5.41) is 6.64. The summed E-state index contributed by atoms with van der Waals surface area (Å²) in [6, 6.07) is 0.627. The summed E-state index contributed by atoms with van der Waals surface area (Å²) in [5.41, 5.74) is 0.523. The highest BCUT2D eigenvalue weighted by Crippen LogP contribution is 2.33. The fraction of sp³-hybridized carbons (Fsp3) is 0.579. The van der Waals surface area contributed by atoms with E-state index in [1.54, 1.807) is 6.92 Å². The van der Waals surface area contributed by atoms with Gasteiger partial charge < -0.3 is 15.0 Å². The first kappa shape index (κ1) is 20.6. The summed E-state index contributed by atoms with van der Waals surface area (Å²) in [6.45, 7) is 4.10. The molecule has 0 unspecified atom stereocenters. The molecule has 0 aromatic carbocycles. The van der Waals surface area contributed by atoms with Crippen LogP contribution in [0.4, 0.5) is 24.7 Å². The number of likely N-dealkylation sites (N-methyl/N-ethyl adjacent to an activating group) is 1. The largest absolute Gasteiger partial charge is 0.433 e. The topological polar surface area (TPSA) is 85.2 Å². The predicted octanol–water partition coefficient (Wildman–Crippen LogP) is 2.42. The molecule has 30 heavy (non-hydrogen) atoms. The molecule has 2 aliphatic heterocycles. The molecule has 2 aromatic rings. The van der Waals surface area contributed by atoms with Gasteiger partial charge in [0.2, 0.25) is 5.91 Å². The first-order valence-corrected chi connectivity index (χ1v) is 9.75. The van der Waals surface area contributed by atoms with Crippen molar-refractivity contribution in [2.24, 2.45) is 5.92 Å². The van der Waals surface area contributed by atoms with Crippen LogP contribution in [0.1, 0.15) is 30.6 Å². The molecule has 0 bridgehead atoms. The van der Waals surface area contributed by atoms with Crippen molar-refractivity contribution in [3.8, 4) is 0 Å². The number of halogens is 3. The van der Waals surface area contributed by atoms with E-state index in [-0.39, 0.29) is 30.5 Å². The Kier molecular flexibility index (Phi) is 5.16. The number of anilines is 2. The number of amides is 1. The number of aryl methyl sites for hydroxylation is 1. The van der Waals surface area contributed by atoms with Gasteiger partial charge in [-0.3, -0.25) is 9.48 Å². The number of aromatic nitrogens is 4. The predicted molar refractivity (Wildman–Crippen MR) is 102 cm³/mol. The fourth-order valence-electron chi connectivity index (χ4n) is 3.91. The van der Waals surface area contributed by atoms with Crippen molar-refractivity contribution in [1.29, 1.82) is 0 Å². The maximum Gasteiger partial charge on any atom is 0.433 e. The second-order valence-corrected chi connectivity index (χ2v) is 7.86. The smallest absolute Gasteiger partial charge is 0.376 e. The van der Waals surface area contributed by atoms with Crippen LogP contribution in [0.5, 0.6) is 0 Å². The van der Waals surface area contributed by atoms with Crippen LogP contribution in [0.15, 0.2) is 12.3 Å². The minimum Gasteiger partial charge on any atom is -0.376 e. The van der Waals surface area contributed by atoms with E-state index in [9.17, 15) is 18.0 Å². The van der Waals surface area contributed by atoms with Gasteiger partial charge in [-0.2, -0.15) is 18.3 Å². The van der Waals surface area contributed by atoms with Crippen LogP contribution in [0, 0.1) is 12.8 Å². The average Bonchev–Trinajstić information content (AvgIpc) is 3.31. The summed E-state index contributed by atoms with van der Waals surface area (Å²) < 4.78 is 45.8. The third kappa shape index (κ3) is 3.85. The average molecular weight is 424 g/mol. The Labute approximate surface area is 171 Å². The number of alkyl halides is 3. The van der Waals surface area contributed by atoms with E-state index in [0.29, 0.717) is 42.5 Å². The Morgan fingerprint density at radius 2 is 2.10 bits per heavy atom. The lowest BCUT2D eigenvalue weighted by Crippen LogP contribution is -2.45. The van der Waals surface area contributed by atoms with Crippen molar-refractivity contribution in [3.63, 3.8) is 0 Å². The zero-order valence-electron chi connectivity index (χ0n) is 16.9. The molecule has 2 aromatic heterocycles. The van der Waals surface area contributed by atoms with Crippen molar-refractivity contribution in [3.05, 3.63) is 29.5 Å². The molecule has 4 rings (SSSR count). The van der Waals surface area contributed by atoms with Gasteiger partial charge in [0.05, 0.1) is 24.9 Å². The summed E-state index contributed by atoms with van der Waals surface area (Å²) in [5.74, 6) is 1.30. The molecule has 3 atom stereocenters. The Morgan fingerprint density at radius 1 is 1.33 bits per heavy atom. The highest BCUT2D eigenvalue weighted by Gasteiger charge is 2.36. The van der Waals surface area contributed by atoms with E-state index in [0.717, 1.165) is 16.9 Å². The van der Waals surface area contributed by atoms with E-state index in [2.05, 4.69) is 20.4 Å². The second-order valence-electron chi connectivity index (χ2n) is 7.86. The number of carbonyl (C=O) groups is 1. The fourth-order valence-corrected chi connectivity index (χ4v) is 3.91. The minimum atomic E-state index is -4.44. The van der Waals surface area contributed by atoms with Gasteiger partial charge in [-0.05, 0) is 32.3 Å². The van der Waals surface area contributed by atoms with Crippen molar-refractivity contribution in [2.75, 3.05) is 23.9 Å². The molecule has 0 aliphatic carbocycles. The van der Waals surface area contributed by atoms with Crippen LogP contribution in [0.3, 0.4) is 0 Å². The summed E-state index contributed by atoms with van der Waals surface area (Å²) in [6.07, 6.45) is -2.50. The molecule has 0 radical (unpaired) electrons. The number of fused-ring (bicyclic) bond motifs is 1. The van der Waals surface area contributed by atoms with E-state index in [1.165, 1.54) is 0 Å². The summed E-state index contributed by atoms with van der Waals surface area (Å²) >= 11 is 0. The van der Waals surface area contributed by atoms with E-state index in [1.807, 2.05) is 18.9 Å². The molecule has 162 valence electrons. The molecular formula is C19H23F3N6O2. The van der Waals surface area contributed by atoms with Gasteiger partial charge in [0.1, 0.15) is 23.2 Å². The number of nitrogens with one attached hydrogen (secondary N) is 1. The highest BCUT2D eigenvalue weighted by atomic mass is 19.4. The van der Waals surface area contributed by atoms with Crippen molar-refractivity contribution in [2.45, 2.75) is 51.6 Å². The Morgan fingerprint density at radius 3 is 2.83 bits per heavy atom. The Bertz CT molecular complexity index is 960. The number of hydrogen-bond donors (Lipinski definition) is 1. The zero-order chi connectivity index (χ0) is 21.6. The maximum absolute atomic E-state index is 13.0. The molecule has 1 amide bonds. The van der Waals surface area contributed by atoms with E-state index < -0.39 is 11.9 Å². The first-order valence-electron chi connectivity index (χ1n) is 9.75.